The molecule has 0 amide bonds. The fourth-order valence-corrected chi connectivity index (χ4v) is 1.97. The average molecular weight is 235 g/mol. The molecule has 17 heavy (non-hydrogen) atoms. The summed E-state index contributed by atoms with van der Waals surface area (Å²) in [4.78, 5) is 0. The predicted molar refractivity (Wildman–Crippen MR) is 73.4 cm³/mol. The number of hydrogen-bond acceptors (Lipinski definition) is 2. The Hall–Kier alpha value is -0.860. The summed E-state index contributed by atoms with van der Waals surface area (Å²) in [5.41, 5.74) is 4.11. The molecule has 0 bridgehead atoms. The summed E-state index contributed by atoms with van der Waals surface area (Å²) < 4.78 is 0. The minimum absolute atomic E-state index is 0.0203. The smallest absolute Gasteiger partial charge is 0.0448 e. The first-order chi connectivity index (χ1) is 7.94. The Morgan fingerprint density at radius 3 is 2.59 bits per heavy atom. The second-order valence-electron chi connectivity index (χ2n) is 5.46. The molecule has 0 radical (unpaired) electrons. The number of rotatable bonds is 6. The molecule has 1 aromatic rings. The lowest BCUT2D eigenvalue weighted by Gasteiger charge is -2.25. The van der Waals surface area contributed by atoms with E-state index in [0.29, 0.717) is 0 Å². The third-order valence-corrected chi connectivity index (χ3v) is 3.24. The molecule has 0 spiro atoms. The van der Waals surface area contributed by atoms with Crippen molar-refractivity contribution >= 4 is 0 Å². The van der Waals surface area contributed by atoms with Crippen LogP contribution >= 0.6 is 0 Å². The van der Waals surface area contributed by atoms with E-state index in [2.05, 4.69) is 51.2 Å². The van der Waals surface area contributed by atoms with Crippen molar-refractivity contribution in [3.8, 4) is 0 Å². The van der Waals surface area contributed by atoms with Crippen LogP contribution < -0.4 is 5.32 Å². The van der Waals surface area contributed by atoms with Crippen molar-refractivity contribution in [3.63, 3.8) is 0 Å². The maximum atomic E-state index is 8.96. The quantitative estimate of drug-likeness (QED) is 0.794. The van der Waals surface area contributed by atoms with Crippen molar-refractivity contribution in [2.75, 3.05) is 13.2 Å². The van der Waals surface area contributed by atoms with Crippen molar-refractivity contribution in [1.82, 2.24) is 5.32 Å². The summed E-state index contributed by atoms with van der Waals surface area (Å²) in [5, 5.41) is 12.5. The summed E-state index contributed by atoms with van der Waals surface area (Å²) >= 11 is 0. The van der Waals surface area contributed by atoms with Crippen LogP contribution in [0.15, 0.2) is 18.2 Å². The molecule has 2 heteroatoms. The van der Waals surface area contributed by atoms with E-state index in [4.69, 9.17) is 5.11 Å². The molecular formula is C15H25NO. The van der Waals surface area contributed by atoms with Gasteiger partial charge in [0, 0.05) is 12.1 Å². The molecule has 96 valence electrons. The Kier molecular flexibility index (Phi) is 5.16. The molecule has 0 atom stereocenters. The highest BCUT2D eigenvalue weighted by Crippen LogP contribution is 2.12. The Balaban J connectivity index is 2.48. The van der Waals surface area contributed by atoms with E-state index in [9.17, 15) is 0 Å². The molecule has 0 aliphatic heterocycles. The number of hydrogen-bond donors (Lipinski definition) is 2. The van der Waals surface area contributed by atoms with Crippen LogP contribution in [-0.4, -0.2) is 23.8 Å². The second kappa shape index (κ2) is 6.18. The van der Waals surface area contributed by atoms with Gasteiger partial charge in [0.15, 0.2) is 0 Å². The van der Waals surface area contributed by atoms with Gasteiger partial charge in [-0.1, -0.05) is 23.8 Å². The number of benzene rings is 1. The highest BCUT2D eigenvalue weighted by atomic mass is 16.3. The number of nitrogens with one attached hydrogen (secondary N) is 1. The SMILES string of the molecule is Cc1ccc(C)c(CCNC(C)(C)CCO)c1. The van der Waals surface area contributed by atoms with Gasteiger partial charge in [-0.05, 0) is 58.2 Å². The summed E-state index contributed by atoms with van der Waals surface area (Å²) in [5.74, 6) is 0. The van der Waals surface area contributed by atoms with Crippen molar-refractivity contribution in [1.29, 1.82) is 0 Å². The Labute approximate surface area is 105 Å². The predicted octanol–water partition coefficient (Wildman–Crippen LogP) is 2.60. The van der Waals surface area contributed by atoms with E-state index in [1.165, 1.54) is 16.7 Å². The monoisotopic (exact) mass is 235 g/mol. The minimum atomic E-state index is 0.0203. The summed E-state index contributed by atoms with van der Waals surface area (Å²) in [6, 6.07) is 6.60. The summed E-state index contributed by atoms with van der Waals surface area (Å²) in [7, 11) is 0. The van der Waals surface area contributed by atoms with Gasteiger partial charge in [-0.3, -0.25) is 0 Å². The third-order valence-electron chi connectivity index (χ3n) is 3.24. The molecule has 0 aliphatic carbocycles. The molecule has 0 aliphatic rings. The van der Waals surface area contributed by atoms with Crippen LogP contribution in [0.2, 0.25) is 0 Å². The second-order valence-corrected chi connectivity index (χ2v) is 5.46. The fraction of sp³-hybridized carbons (Fsp3) is 0.600. The highest BCUT2D eigenvalue weighted by Gasteiger charge is 2.15. The molecular weight excluding hydrogens is 210 g/mol. The molecule has 1 rings (SSSR count). The first-order valence-electron chi connectivity index (χ1n) is 6.36. The topological polar surface area (TPSA) is 32.3 Å². The van der Waals surface area contributed by atoms with Gasteiger partial charge in [-0.2, -0.15) is 0 Å². The van der Waals surface area contributed by atoms with E-state index < -0.39 is 0 Å². The van der Waals surface area contributed by atoms with Crippen LogP contribution in [0.3, 0.4) is 0 Å². The van der Waals surface area contributed by atoms with Crippen molar-refractivity contribution in [2.24, 2.45) is 0 Å². The van der Waals surface area contributed by atoms with Gasteiger partial charge in [0.1, 0.15) is 0 Å². The van der Waals surface area contributed by atoms with Gasteiger partial charge in [-0.15, -0.1) is 0 Å². The summed E-state index contributed by atoms with van der Waals surface area (Å²) in [6.07, 6.45) is 1.84. The zero-order valence-electron chi connectivity index (χ0n) is 11.5. The zero-order chi connectivity index (χ0) is 12.9. The third kappa shape index (κ3) is 4.88. The lowest BCUT2D eigenvalue weighted by Crippen LogP contribution is -2.41. The van der Waals surface area contributed by atoms with Crippen molar-refractivity contribution in [3.05, 3.63) is 34.9 Å². The van der Waals surface area contributed by atoms with Crippen LogP contribution in [0.1, 0.15) is 37.0 Å². The largest absolute Gasteiger partial charge is 0.396 e. The van der Waals surface area contributed by atoms with Crippen LogP contribution in [0.25, 0.3) is 0 Å². The molecule has 2 nitrogen and oxygen atoms in total. The molecule has 0 aromatic heterocycles. The van der Waals surface area contributed by atoms with E-state index in [1.54, 1.807) is 0 Å². The van der Waals surface area contributed by atoms with Crippen molar-refractivity contribution in [2.45, 2.75) is 46.1 Å². The Morgan fingerprint density at radius 1 is 1.24 bits per heavy atom. The van der Waals surface area contributed by atoms with E-state index in [0.717, 1.165) is 19.4 Å². The lowest BCUT2D eigenvalue weighted by molar-refractivity contribution is 0.231. The highest BCUT2D eigenvalue weighted by molar-refractivity contribution is 5.30. The Bertz CT molecular complexity index is 358. The fourth-order valence-electron chi connectivity index (χ4n) is 1.97. The normalized spacial score (nSPS) is 11.8. The number of aliphatic hydroxyl groups excluding tert-OH is 1. The Morgan fingerprint density at radius 2 is 1.94 bits per heavy atom. The van der Waals surface area contributed by atoms with Crippen molar-refractivity contribution < 1.29 is 5.11 Å². The van der Waals surface area contributed by atoms with E-state index >= 15 is 0 Å². The van der Waals surface area contributed by atoms with Crippen LogP contribution in [0.5, 0.6) is 0 Å². The first-order valence-corrected chi connectivity index (χ1v) is 6.36. The van der Waals surface area contributed by atoms with Gasteiger partial charge < -0.3 is 10.4 Å². The minimum Gasteiger partial charge on any atom is -0.396 e. The van der Waals surface area contributed by atoms with Crippen LogP contribution in [0, 0.1) is 13.8 Å². The van der Waals surface area contributed by atoms with Crippen LogP contribution in [-0.2, 0) is 6.42 Å². The maximum absolute atomic E-state index is 8.96. The van der Waals surface area contributed by atoms with Crippen LogP contribution in [0.4, 0.5) is 0 Å². The molecule has 2 N–H and O–H groups in total. The summed E-state index contributed by atoms with van der Waals surface area (Å²) in [6.45, 7) is 9.75. The van der Waals surface area contributed by atoms with E-state index in [-0.39, 0.29) is 12.1 Å². The lowest BCUT2D eigenvalue weighted by atomic mass is 9.99. The van der Waals surface area contributed by atoms with Gasteiger partial charge in [0.05, 0.1) is 0 Å². The molecule has 0 unspecified atom stereocenters. The van der Waals surface area contributed by atoms with Gasteiger partial charge in [-0.25, -0.2) is 0 Å². The van der Waals surface area contributed by atoms with Gasteiger partial charge in [0.2, 0.25) is 0 Å². The van der Waals surface area contributed by atoms with Gasteiger partial charge >= 0.3 is 0 Å². The van der Waals surface area contributed by atoms with Gasteiger partial charge in [0.25, 0.3) is 0 Å². The van der Waals surface area contributed by atoms with E-state index in [1.807, 2.05) is 0 Å². The molecule has 0 saturated carbocycles. The standard InChI is InChI=1S/C15H25NO/c1-12-5-6-13(2)14(11-12)7-9-16-15(3,4)8-10-17/h5-6,11,16-17H,7-10H2,1-4H3. The molecule has 0 fully saturated rings. The first kappa shape index (κ1) is 14.2. The molecule has 0 heterocycles. The zero-order valence-corrected chi connectivity index (χ0v) is 11.5. The number of aliphatic hydroxyl groups is 1. The molecule has 1 aromatic carbocycles. The molecule has 0 saturated heterocycles. The maximum Gasteiger partial charge on any atom is 0.0448 e. The average Bonchev–Trinajstić information content (AvgIpc) is 2.23. The number of aryl methyl sites for hydroxylation is 2.